The monoisotopic (exact) mass is 336 g/mol. The van der Waals surface area contributed by atoms with Crippen molar-refractivity contribution in [3.63, 3.8) is 0 Å². The molecule has 0 bridgehead atoms. The van der Waals surface area contributed by atoms with E-state index in [0.29, 0.717) is 0 Å². The number of rotatable bonds is 2. The standard InChI is InChI=1S/C12H14ClIO/c1-12(8-14)7-6-11(15-12)9-4-2-3-5-10(9)13/h2-5,11H,6-8H2,1H3. The smallest absolute Gasteiger partial charge is 0.0848 e. The number of hydrogen-bond acceptors (Lipinski definition) is 1. The Morgan fingerprint density at radius 2 is 2.27 bits per heavy atom. The molecular formula is C12H14ClIO. The maximum Gasteiger partial charge on any atom is 0.0848 e. The van der Waals surface area contributed by atoms with E-state index in [1.807, 2.05) is 18.2 Å². The van der Waals surface area contributed by atoms with Gasteiger partial charge in [-0.25, -0.2) is 0 Å². The van der Waals surface area contributed by atoms with Crippen LogP contribution < -0.4 is 0 Å². The fourth-order valence-corrected chi connectivity index (χ4v) is 2.77. The molecule has 0 N–H and O–H groups in total. The summed E-state index contributed by atoms with van der Waals surface area (Å²) in [5.74, 6) is 0. The van der Waals surface area contributed by atoms with E-state index in [1.165, 1.54) is 0 Å². The van der Waals surface area contributed by atoms with Crippen LogP contribution in [0.5, 0.6) is 0 Å². The molecule has 15 heavy (non-hydrogen) atoms. The van der Waals surface area contributed by atoms with Gasteiger partial charge in [-0.05, 0) is 31.4 Å². The molecule has 2 unspecified atom stereocenters. The second-order valence-corrected chi connectivity index (χ2v) is 5.42. The Morgan fingerprint density at radius 1 is 1.53 bits per heavy atom. The van der Waals surface area contributed by atoms with Crippen molar-refractivity contribution in [1.82, 2.24) is 0 Å². The predicted molar refractivity (Wildman–Crippen MR) is 71.8 cm³/mol. The molecular weight excluding hydrogens is 322 g/mol. The van der Waals surface area contributed by atoms with Gasteiger partial charge >= 0.3 is 0 Å². The summed E-state index contributed by atoms with van der Waals surface area (Å²) in [5, 5.41) is 0.820. The summed E-state index contributed by atoms with van der Waals surface area (Å²) in [7, 11) is 0. The van der Waals surface area contributed by atoms with Crippen LogP contribution in [0.25, 0.3) is 0 Å². The van der Waals surface area contributed by atoms with E-state index in [4.69, 9.17) is 16.3 Å². The quantitative estimate of drug-likeness (QED) is 0.575. The van der Waals surface area contributed by atoms with Crippen LogP contribution in [-0.2, 0) is 4.74 Å². The molecule has 2 rings (SSSR count). The molecule has 0 amide bonds. The first kappa shape index (κ1) is 11.7. The Hall–Kier alpha value is 0.200. The summed E-state index contributed by atoms with van der Waals surface area (Å²) in [5.41, 5.74) is 1.16. The van der Waals surface area contributed by atoms with E-state index < -0.39 is 0 Å². The Labute approximate surface area is 109 Å². The van der Waals surface area contributed by atoms with Crippen molar-refractivity contribution in [2.75, 3.05) is 4.43 Å². The number of hydrogen-bond donors (Lipinski definition) is 0. The first-order chi connectivity index (χ1) is 7.14. The van der Waals surface area contributed by atoms with Crippen molar-refractivity contribution in [3.8, 4) is 0 Å². The number of ether oxygens (including phenoxy) is 1. The molecule has 1 saturated heterocycles. The summed E-state index contributed by atoms with van der Waals surface area (Å²) >= 11 is 8.55. The number of halogens is 2. The van der Waals surface area contributed by atoms with Gasteiger partial charge in [0.05, 0.1) is 11.7 Å². The first-order valence-electron chi connectivity index (χ1n) is 5.13. The fourth-order valence-electron chi connectivity index (χ4n) is 1.95. The van der Waals surface area contributed by atoms with Gasteiger partial charge in [-0.2, -0.15) is 0 Å². The zero-order valence-electron chi connectivity index (χ0n) is 8.67. The van der Waals surface area contributed by atoms with Gasteiger partial charge in [-0.1, -0.05) is 52.4 Å². The van der Waals surface area contributed by atoms with Gasteiger partial charge in [0.15, 0.2) is 0 Å². The Bertz CT molecular complexity index is 355. The molecule has 1 aliphatic rings. The summed E-state index contributed by atoms with van der Waals surface area (Å²) in [4.78, 5) is 0. The lowest BCUT2D eigenvalue weighted by molar-refractivity contribution is -0.0109. The third-order valence-corrected chi connectivity index (χ3v) is 4.85. The van der Waals surface area contributed by atoms with Gasteiger partial charge in [0.25, 0.3) is 0 Å². The lowest BCUT2D eigenvalue weighted by Gasteiger charge is -2.22. The fraction of sp³-hybridized carbons (Fsp3) is 0.500. The average molecular weight is 337 g/mol. The third-order valence-electron chi connectivity index (χ3n) is 2.90. The summed E-state index contributed by atoms with van der Waals surface area (Å²) < 4.78 is 7.11. The molecule has 1 heterocycles. The highest BCUT2D eigenvalue weighted by Crippen LogP contribution is 2.42. The van der Waals surface area contributed by atoms with Gasteiger partial charge in [-0.3, -0.25) is 0 Å². The molecule has 0 spiro atoms. The van der Waals surface area contributed by atoms with Crippen molar-refractivity contribution >= 4 is 34.2 Å². The first-order valence-corrected chi connectivity index (χ1v) is 7.03. The molecule has 82 valence electrons. The van der Waals surface area contributed by atoms with Crippen LogP contribution >= 0.6 is 34.2 Å². The molecule has 0 aliphatic carbocycles. The predicted octanol–water partition coefficient (Wildman–Crippen LogP) is 4.39. The SMILES string of the molecule is CC1(CI)CCC(c2ccccc2Cl)O1. The van der Waals surface area contributed by atoms with E-state index in [0.717, 1.165) is 27.9 Å². The molecule has 1 aromatic carbocycles. The van der Waals surface area contributed by atoms with Crippen LogP contribution in [0, 0.1) is 0 Å². The summed E-state index contributed by atoms with van der Waals surface area (Å²) in [6.07, 6.45) is 2.37. The Balaban J connectivity index is 2.18. The van der Waals surface area contributed by atoms with Crippen molar-refractivity contribution in [2.45, 2.75) is 31.5 Å². The third kappa shape index (κ3) is 2.48. The minimum Gasteiger partial charge on any atom is -0.367 e. The minimum atomic E-state index is 0.0321. The van der Waals surface area contributed by atoms with Gasteiger partial charge < -0.3 is 4.74 Å². The van der Waals surface area contributed by atoms with E-state index in [1.54, 1.807) is 0 Å². The van der Waals surface area contributed by atoms with Crippen LogP contribution in [-0.4, -0.2) is 10.0 Å². The van der Waals surface area contributed by atoms with Crippen LogP contribution in [0.1, 0.15) is 31.4 Å². The van der Waals surface area contributed by atoms with E-state index in [9.17, 15) is 0 Å². The van der Waals surface area contributed by atoms with Gasteiger partial charge in [-0.15, -0.1) is 0 Å². The minimum absolute atomic E-state index is 0.0321. The molecule has 1 fully saturated rings. The molecule has 0 radical (unpaired) electrons. The van der Waals surface area contributed by atoms with Gasteiger partial charge in [0, 0.05) is 9.45 Å². The largest absolute Gasteiger partial charge is 0.367 e. The zero-order valence-corrected chi connectivity index (χ0v) is 11.6. The summed E-state index contributed by atoms with van der Waals surface area (Å²) in [6, 6.07) is 7.97. The van der Waals surface area contributed by atoms with Crippen LogP contribution in [0.3, 0.4) is 0 Å². The molecule has 1 aliphatic heterocycles. The number of benzene rings is 1. The van der Waals surface area contributed by atoms with Crippen molar-refractivity contribution in [1.29, 1.82) is 0 Å². The van der Waals surface area contributed by atoms with Crippen molar-refractivity contribution < 1.29 is 4.74 Å². The van der Waals surface area contributed by atoms with E-state index in [2.05, 4.69) is 35.6 Å². The zero-order chi connectivity index (χ0) is 10.9. The highest BCUT2D eigenvalue weighted by Gasteiger charge is 2.36. The topological polar surface area (TPSA) is 9.23 Å². The number of alkyl halides is 1. The highest BCUT2D eigenvalue weighted by atomic mass is 127. The summed E-state index contributed by atoms with van der Waals surface area (Å²) in [6.45, 7) is 2.18. The van der Waals surface area contributed by atoms with Gasteiger partial charge in [0.1, 0.15) is 0 Å². The lowest BCUT2D eigenvalue weighted by atomic mass is 10.0. The molecule has 1 aromatic rings. The Kier molecular flexibility index (Phi) is 3.58. The molecule has 1 nitrogen and oxygen atoms in total. The maximum atomic E-state index is 6.16. The Morgan fingerprint density at radius 3 is 2.87 bits per heavy atom. The van der Waals surface area contributed by atoms with E-state index in [-0.39, 0.29) is 11.7 Å². The maximum absolute atomic E-state index is 6.16. The molecule has 2 atom stereocenters. The molecule has 0 saturated carbocycles. The highest BCUT2D eigenvalue weighted by molar-refractivity contribution is 14.1. The second kappa shape index (κ2) is 4.60. The second-order valence-electron chi connectivity index (χ2n) is 4.25. The lowest BCUT2D eigenvalue weighted by Crippen LogP contribution is -2.24. The van der Waals surface area contributed by atoms with Crippen LogP contribution in [0.15, 0.2) is 24.3 Å². The average Bonchev–Trinajstić information content (AvgIpc) is 2.63. The normalized spacial score (nSPS) is 30.7. The molecule has 0 aromatic heterocycles. The van der Waals surface area contributed by atoms with Crippen molar-refractivity contribution in [2.24, 2.45) is 0 Å². The van der Waals surface area contributed by atoms with E-state index >= 15 is 0 Å². The van der Waals surface area contributed by atoms with Crippen LogP contribution in [0.4, 0.5) is 0 Å². The van der Waals surface area contributed by atoms with Gasteiger partial charge in [0.2, 0.25) is 0 Å². The molecule has 3 heteroatoms. The van der Waals surface area contributed by atoms with Crippen molar-refractivity contribution in [3.05, 3.63) is 34.9 Å². The van der Waals surface area contributed by atoms with Crippen LogP contribution in [0.2, 0.25) is 5.02 Å².